The van der Waals surface area contributed by atoms with Crippen molar-refractivity contribution < 1.29 is 9.53 Å². The summed E-state index contributed by atoms with van der Waals surface area (Å²) in [6.07, 6.45) is 4.09. The lowest BCUT2D eigenvalue weighted by molar-refractivity contribution is 0.0196. The van der Waals surface area contributed by atoms with Crippen molar-refractivity contribution in [1.82, 2.24) is 10.2 Å². The minimum Gasteiger partial charge on any atom is -0.444 e. The number of fused-ring (bicyclic) bond motifs is 1. The Morgan fingerprint density at radius 3 is 2.17 bits per heavy atom. The van der Waals surface area contributed by atoms with Crippen LogP contribution in [0.5, 0.6) is 0 Å². The number of rotatable bonds is 2. The zero-order chi connectivity index (χ0) is 16.4. The van der Waals surface area contributed by atoms with Gasteiger partial charge in [0.2, 0.25) is 0 Å². The van der Waals surface area contributed by atoms with E-state index in [2.05, 4.69) is 29.6 Å². The van der Waals surface area contributed by atoms with Crippen LogP contribution >= 0.6 is 0 Å². The van der Waals surface area contributed by atoms with E-state index in [0.717, 1.165) is 38.8 Å². The molecule has 0 spiro atoms. The quantitative estimate of drug-likeness (QED) is 0.911. The Bertz CT molecular complexity index is 532. The standard InChI is InChI=1S/C19H28N2O2/c1-19(2,3)23-18(22)21-10-8-16(9-11-21)20-17-12-14-6-4-5-7-15(14)13-17/h4-7,16-17,20H,8-13H2,1-3H3. The van der Waals surface area contributed by atoms with Crippen LogP contribution in [0.4, 0.5) is 4.79 Å². The molecule has 1 N–H and O–H groups in total. The predicted molar refractivity (Wildman–Crippen MR) is 91.6 cm³/mol. The molecule has 1 saturated heterocycles. The predicted octanol–water partition coefficient (Wildman–Crippen LogP) is 3.14. The van der Waals surface area contributed by atoms with Gasteiger partial charge < -0.3 is 15.0 Å². The highest BCUT2D eigenvalue weighted by molar-refractivity contribution is 5.68. The Morgan fingerprint density at radius 2 is 1.65 bits per heavy atom. The van der Waals surface area contributed by atoms with Crippen molar-refractivity contribution >= 4 is 6.09 Å². The number of amides is 1. The van der Waals surface area contributed by atoms with Crippen LogP contribution in [0.15, 0.2) is 24.3 Å². The Kier molecular flexibility index (Phi) is 4.62. The van der Waals surface area contributed by atoms with Gasteiger partial charge in [0.05, 0.1) is 0 Å². The number of nitrogens with one attached hydrogen (secondary N) is 1. The molecule has 0 saturated carbocycles. The summed E-state index contributed by atoms with van der Waals surface area (Å²) < 4.78 is 5.45. The van der Waals surface area contributed by atoms with Gasteiger partial charge in [0.25, 0.3) is 0 Å². The first-order valence-corrected chi connectivity index (χ1v) is 8.71. The minimum atomic E-state index is -0.415. The summed E-state index contributed by atoms with van der Waals surface area (Å²) in [7, 11) is 0. The van der Waals surface area contributed by atoms with Gasteiger partial charge in [0.15, 0.2) is 0 Å². The second-order valence-corrected chi connectivity index (χ2v) is 7.78. The van der Waals surface area contributed by atoms with Crippen LogP contribution in [0.25, 0.3) is 0 Å². The molecule has 1 aliphatic carbocycles. The summed E-state index contributed by atoms with van der Waals surface area (Å²) in [5.74, 6) is 0. The number of hydrogen-bond acceptors (Lipinski definition) is 3. The van der Waals surface area contributed by atoms with E-state index in [1.165, 1.54) is 11.1 Å². The summed E-state index contributed by atoms with van der Waals surface area (Å²) in [5.41, 5.74) is 2.55. The second kappa shape index (κ2) is 6.52. The Labute approximate surface area is 139 Å². The maximum absolute atomic E-state index is 12.1. The molecule has 1 amide bonds. The van der Waals surface area contributed by atoms with Crippen molar-refractivity contribution in [2.45, 2.75) is 64.1 Å². The maximum atomic E-state index is 12.1. The van der Waals surface area contributed by atoms with E-state index in [0.29, 0.717) is 12.1 Å². The summed E-state index contributed by atoms with van der Waals surface area (Å²) in [5, 5.41) is 3.79. The Balaban J connectivity index is 1.45. The summed E-state index contributed by atoms with van der Waals surface area (Å²) in [6, 6.07) is 9.78. The third-order valence-electron chi connectivity index (χ3n) is 4.67. The zero-order valence-electron chi connectivity index (χ0n) is 14.5. The van der Waals surface area contributed by atoms with Crippen LogP contribution in [0.2, 0.25) is 0 Å². The molecule has 1 aliphatic heterocycles. The fourth-order valence-corrected chi connectivity index (χ4v) is 3.57. The van der Waals surface area contributed by atoms with Crippen molar-refractivity contribution in [3.63, 3.8) is 0 Å². The van der Waals surface area contributed by atoms with Crippen molar-refractivity contribution in [3.8, 4) is 0 Å². The molecule has 2 aliphatic rings. The highest BCUT2D eigenvalue weighted by atomic mass is 16.6. The lowest BCUT2D eigenvalue weighted by Crippen LogP contribution is -2.49. The molecule has 1 fully saturated rings. The maximum Gasteiger partial charge on any atom is 0.410 e. The normalized spacial score (nSPS) is 19.7. The smallest absolute Gasteiger partial charge is 0.410 e. The number of nitrogens with zero attached hydrogens (tertiary/aromatic N) is 1. The Morgan fingerprint density at radius 1 is 1.09 bits per heavy atom. The van der Waals surface area contributed by atoms with E-state index >= 15 is 0 Å². The monoisotopic (exact) mass is 316 g/mol. The molecule has 23 heavy (non-hydrogen) atoms. The van der Waals surface area contributed by atoms with Gasteiger partial charge in [-0.15, -0.1) is 0 Å². The van der Waals surface area contributed by atoms with Crippen molar-refractivity contribution in [3.05, 3.63) is 35.4 Å². The van der Waals surface area contributed by atoms with Crippen molar-refractivity contribution in [2.75, 3.05) is 13.1 Å². The molecule has 3 rings (SSSR count). The third kappa shape index (κ3) is 4.25. The zero-order valence-corrected chi connectivity index (χ0v) is 14.5. The molecule has 1 heterocycles. The van der Waals surface area contributed by atoms with Gasteiger partial charge >= 0.3 is 6.09 Å². The molecule has 0 unspecified atom stereocenters. The topological polar surface area (TPSA) is 41.6 Å². The van der Waals surface area contributed by atoms with Gasteiger partial charge in [-0.1, -0.05) is 24.3 Å². The lowest BCUT2D eigenvalue weighted by atomic mass is 10.0. The van der Waals surface area contributed by atoms with Gasteiger partial charge in [-0.05, 0) is 57.6 Å². The molecule has 4 heteroatoms. The molecule has 0 bridgehead atoms. The highest BCUT2D eigenvalue weighted by Crippen LogP contribution is 2.23. The summed E-state index contributed by atoms with van der Waals surface area (Å²) in [4.78, 5) is 13.9. The van der Waals surface area contributed by atoms with Gasteiger partial charge in [-0.3, -0.25) is 0 Å². The number of carbonyl (C=O) groups excluding carboxylic acids is 1. The molecular weight excluding hydrogens is 288 g/mol. The average molecular weight is 316 g/mol. The average Bonchev–Trinajstić information content (AvgIpc) is 2.88. The van der Waals surface area contributed by atoms with E-state index < -0.39 is 5.60 Å². The molecule has 1 aromatic rings. The molecule has 1 aromatic carbocycles. The first-order valence-electron chi connectivity index (χ1n) is 8.71. The number of piperidine rings is 1. The van der Waals surface area contributed by atoms with Crippen LogP contribution in [0, 0.1) is 0 Å². The van der Waals surface area contributed by atoms with Crippen molar-refractivity contribution in [2.24, 2.45) is 0 Å². The lowest BCUT2D eigenvalue weighted by Gasteiger charge is -2.34. The number of carbonyl (C=O) groups is 1. The fourth-order valence-electron chi connectivity index (χ4n) is 3.57. The molecule has 0 aromatic heterocycles. The minimum absolute atomic E-state index is 0.177. The SMILES string of the molecule is CC(C)(C)OC(=O)N1CCC(NC2Cc3ccccc3C2)CC1. The first kappa shape index (κ1) is 16.3. The van der Waals surface area contributed by atoms with Gasteiger partial charge in [-0.25, -0.2) is 4.79 Å². The molecule has 4 nitrogen and oxygen atoms in total. The van der Waals surface area contributed by atoms with Crippen LogP contribution in [0.1, 0.15) is 44.7 Å². The van der Waals surface area contributed by atoms with E-state index in [-0.39, 0.29) is 6.09 Å². The van der Waals surface area contributed by atoms with Crippen molar-refractivity contribution in [1.29, 1.82) is 0 Å². The van der Waals surface area contributed by atoms with Gasteiger partial charge in [0, 0.05) is 25.2 Å². The molecule has 0 atom stereocenters. The third-order valence-corrected chi connectivity index (χ3v) is 4.67. The fraction of sp³-hybridized carbons (Fsp3) is 0.632. The number of ether oxygens (including phenoxy) is 1. The van der Waals surface area contributed by atoms with E-state index in [1.54, 1.807) is 0 Å². The molecule has 126 valence electrons. The largest absolute Gasteiger partial charge is 0.444 e. The number of likely N-dealkylation sites (tertiary alicyclic amines) is 1. The van der Waals surface area contributed by atoms with Gasteiger partial charge in [0.1, 0.15) is 5.60 Å². The molecule has 0 radical (unpaired) electrons. The van der Waals surface area contributed by atoms with Crippen LogP contribution in [-0.4, -0.2) is 41.8 Å². The first-order chi connectivity index (χ1) is 10.9. The molecular formula is C19H28N2O2. The van der Waals surface area contributed by atoms with Crippen LogP contribution in [-0.2, 0) is 17.6 Å². The second-order valence-electron chi connectivity index (χ2n) is 7.78. The van der Waals surface area contributed by atoms with E-state index in [9.17, 15) is 4.79 Å². The summed E-state index contributed by atoms with van der Waals surface area (Å²) >= 11 is 0. The Hall–Kier alpha value is -1.55. The highest BCUT2D eigenvalue weighted by Gasteiger charge is 2.29. The van der Waals surface area contributed by atoms with E-state index in [1.807, 2.05) is 25.7 Å². The summed E-state index contributed by atoms with van der Waals surface area (Å²) in [6.45, 7) is 7.31. The number of benzene rings is 1. The van der Waals surface area contributed by atoms with Crippen LogP contribution < -0.4 is 5.32 Å². The van der Waals surface area contributed by atoms with Gasteiger partial charge in [-0.2, -0.15) is 0 Å². The van der Waals surface area contributed by atoms with E-state index in [4.69, 9.17) is 4.74 Å². The number of hydrogen-bond donors (Lipinski definition) is 1. The van der Waals surface area contributed by atoms with Crippen LogP contribution in [0.3, 0.4) is 0 Å².